The van der Waals surface area contributed by atoms with Gasteiger partial charge in [-0.05, 0) is 20.8 Å². The summed E-state index contributed by atoms with van der Waals surface area (Å²) in [7, 11) is 0. The molecule has 1 saturated heterocycles. The predicted molar refractivity (Wildman–Crippen MR) is 74.5 cm³/mol. The van der Waals surface area contributed by atoms with Crippen LogP contribution in [0.25, 0.3) is 0 Å². The maximum atomic E-state index is 12.5. The third-order valence-electron chi connectivity index (χ3n) is 3.24. The molecule has 2 rings (SSSR count). The molecule has 0 amide bonds. The topological polar surface area (TPSA) is 52.5 Å². The van der Waals surface area contributed by atoms with E-state index in [-0.39, 0.29) is 6.04 Å². The van der Waals surface area contributed by atoms with Crippen LogP contribution < -0.4 is 4.90 Å². The average molecular weight is 324 g/mol. The fraction of sp³-hybridized carbons (Fsp3) is 0.833. The summed E-state index contributed by atoms with van der Waals surface area (Å²) in [6.45, 7) is 7.87. The number of alkyl halides is 3. The smallest absolute Gasteiger partial charge is 0.389 e. The van der Waals surface area contributed by atoms with Gasteiger partial charge in [0, 0.05) is 43.8 Å². The lowest BCUT2D eigenvalue weighted by atomic mass is 10.1. The lowest BCUT2D eigenvalue weighted by molar-refractivity contribution is -0.144. The third-order valence-corrected chi connectivity index (χ3v) is 3.99. The first-order valence-corrected chi connectivity index (χ1v) is 7.46. The Hall–Kier alpha value is -0.930. The highest BCUT2D eigenvalue weighted by Gasteiger charge is 2.37. The average Bonchev–Trinajstić information content (AvgIpc) is 2.75. The monoisotopic (exact) mass is 324 g/mol. The van der Waals surface area contributed by atoms with Gasteiger partial charge in [0.25, 0.3) is 0 Å². The van der Waals surface area contributed by atoms with Gasteiger partial charge in [0.05, 0.1) is 5.60 Å². The Balaban J connectivity index is 2.02. The van der Waals surface area contributed by atoms with Crippen LogP contribution in [-0.2, 0) is 6.18 Å². The van der Waals surface area contributed by atoms with Crippen molar-refractivity contribution in [1.82, 2.24) is 14.3 Å². The predicted octanol–water partition coefficient (Wildman–Crippen LogP) is 1.84. The zero-order valence-corrected chi connectivity index (χ0v) is 13.0. The Labute approximate surface area is 125 Å². The van der Waals surface area contributed by atoms with E-state index in [0.717, 1.165) is 11.5 Å². The van der Waals surface area contributed by atoms with Crippen LogP contribution in [0.15, 0.2) is 0 Å². The number of rotatable bonds is 3. The molecule has 21 heavy (non-hydrogen) atoms. The zero-order chi connectivity index (χ0) is 15.8. The zero-order valence-electron chi connectivity index (χ0n) is 12.2. The summed E-state index contributed by atoms with van der Waals surface area (Å²) in [5.41, 5.74) is -0.784. The van der Waals surface area contributed by atoms with Crippen molar-refractivity contribution < 1.29 is 18.3 Å². The van der Waals surface area contributed by atoms with Gasteiger partial charge in [0.15, 0.2) is 0 Å². The van der Waals surface area contributed by atoms with E-state index in [1.807, 2.05) is 11.8 Å². The molecule has 1 N–H and O–H groups in total. The molecule has 1 aliphatic rings. The Kier molecular flexibility index (Phi) is 4.46. The van der Waals surface area contributed by atoms with Gasteiger partial charge in [-0.15, -0.1) is 0 Å². The molecule has 2 heterocycles. The highest BCUT2D eigenvalue weighted by Crippen LogP contribution is 2.31. The van der Waals surface area contributed by atoms with Crippen molar-refractivity contribution in [3.05, 3.63) is 5.82 Å². The molecule has 120 valence electrons. The molecule has 0 saturated carbocycles. The Bertz CT molecular complexity index is 486. The van der Waals surface area contributed by atoms with Crippen LogP contribution in [0, 0.1) is 0 Å². The molecule has 0 radical (unpaired) electrons. The van der Waals surface area contributed by atoms with E-state index in [2.05, 4.69) is 14.3 Å². The number of halogens is 3. The van der Waals surface area contributed by atoms with Crippen molar-refractivity contribution in [2.75, 3.05) is 31.1 Å². The van der Waals surface area contributed by atoms with E-state index in [1.54, 1.807) is 13.8 Å². The Morgan fingerprint density at radius 3 is 2.48 bits per heavy atom. The van der Waals surface area contributed by atoms with E-state index in [0.29, 0.717) is 31.3 Å². The first-order valence-electron chi connectivity index (χ1n) is 6.68. The van der Waals surface area contributed by atoms with Crippen molar-refractivity contribution in [3.8, 4) is 0 Å². The van der Waals surface area contributed by atoms with E-state index in [9.17, 15) is 18.3 Å². The van der Waals surface area contributed by atoms with E-state index < -0.39 is 17.6 Å². The van der Waals surface area contributed by atoms with Gasteiger partial charge >= 0.3 is 6.18 Å². The number of nitrogens with zero attached hydrogens (tertiary/aromatic N) is 4. The maximum Gasteiger partial charge on any atom is 0.452 e. The van der Waals surface area contributed by atoms with Crippen LogP contribution >= 0.6 is 11.5 Å². The largest absolute Gasteiger partial charge is 0.452 e. The molecule has 5 nitrogen and oxygen atoms in total. The van der Waals surface area contributed by atoms with Crippen LogP contribution in [-0.4, -0.2) is 57.2 Å². The molecule has 0 spiro atoms. The summed E-state index contributed by atoms with van der Waals surface area (Å²) >= 11 is 0.778. The lowest BCUT2D eigenvalue weighted by Crippen LogP contribution is -2.54. The number of hydrogen-bond acceptors (Lipinski definition) is 6. The fourth-order valence-corrected chi connectivity index (χ4v) is 3.27. The van der Waals surface area contributed by atoms with Crippen molar-refractivity contribution in [1.29, 1.82) is 0 Å². The van der Waals surface area contributed by atoms with E-state index in [4.69, 9.17) is 0 Å². The summed E-state index contributed by atoms with van der Waals surface area (Å²) in [5, 5.41) is 10.1. The molecule has 0 aromatic carbocycles. The number of hydrogen-bond donors (Lipinski definition) is 1. The summed E-state index contributed by atoms with van der Waals surface area (Å²) in [6, 6.07) is 0.0233. The SMILES string of the molecule is CC1CN(CC(C)(C)O)CCN1c1nc(C(F)(F)F)ns1. The van der Waals surface area contributed by atoms with Crippen LogP contribution in [0.2, 0.25) is 0 Å². The number of anilines is 1. The second kappa shape index (κ2) is 5.69. The van der Waals surface area contributed by atoms with Crippen LogP contribution in [0.1, 0.15) is 26.6 Å². The fourth-order valence-electron chi connectivity index (χ4n) is 2.46. The Morgan fingerprint density at radius 1 is 1.33 bits per heavy atom. The standard InChI is InChI=1S/C12H19F3N4OS/c1-8-6-18(7-11(2,3)20)4-5-19(8)10-16-9(17-21-10)12(13,14)15/h8,20H,4-7H2,1-3H3. The quantitative estimate of drug-likeness (QED) is 0.919. The maximum absolute atomic E-state index is 12.5. The third kappa shape index (κ3) is 4.27. The summed E-state index contributed by atoms with van der Waals surface area (Å²) in [6.07, 6.45) is -4.50. The molecule has 9 heteroatoms. The second-order valence-corrected chi connectivity index (χ2v) is 6.72. The van der Waals surface area contributed by atoms with Crippen molar-refractivity contribution in [2.24, 2.45) is 0 Å². The first kappa shape index (κ1) is 16.4. The molecule has 1 fully saturated rings. The van der Waals surface area contributed by atoms with Crippen molar-refractivity contribution in [2.45, 2.75) is 38.6 Å². The number of β-amino-alcohol motifs (C(OH)–C–C–N with tert-alkyl or cyclic N) is 1. The first-order chi connectivity index (χ1) is 9.56. The van der Waals surface area contributed by atoms with E-state index >= 15 is 0 Å². The molecule has 0 aliphatic carbocycles. The van der Waals surface area contributed by atoms with Gasteiger partial charge in [-0.1, -0.05) is 0 Å². The number of piperazine rings is 1. The summed E-state index contributed by atoms with van der Waals surface area (Å²) < 4.78 is 41.0. The molecule has 1 aromatic heterocycles. The van der Waals surface area contributed by atoms with Gasteiger partial charge < -0.3 is 10.0 Å². The molecule has 1 unspecified atom stereocenters. The summed E-state index contributed by atoms with van der Waals surface area (Å²) in [4.78, 5) is 7.54. The lowest BCUT2D eigenvalue weighted by Gasteiger charge is -2.41. The molecule has 1 atom stereocenters. The van der Waals surface area contributed by atoms with Crippen molar-refractivity contribution in [3.63, 3.8) is 0 Å². The summed E-state index contributed by atoms with van der Waals surface area (Å²) in [5.74, 6) is -1.08. The highest BCUT2D eigenvalue weighted by atomic mass is 32.1. The van der Waals surface area contributed by atoms with Gasteiger partial charge in [0.2, 0.25) is 11.0 Å². The van der Waals surface area contributed by atoms with Gasteiger partial charge in [0.1, 0.15) is 0 Å². The van der Waals surface area contributed by atoms with Gasteiger partial charge in [-0.2, -0.15) is 22.5 Å². The van der Waals surface area contributed by atoms with Crippen molar-refractivity contribution >= 4 is 16.7 Å². The normalized spacial score (nSPS) is 21.9. The van der Waals surface area contributed by atoms with Gasteiger partial charge in [-0.3, -0.25) is 4.90 Å². The minimum absolute atomic E-state index is 0.0233. The van der Waals surface area contributed by atoms with Crippen LogP contribution in [0.4, 0.5) is 18.3 Å². The van der Waals surface area contributed by atoms with Crippen LogP contribution in [0.3, 0.4) is 0 Å². The van der Waals surface area contributed by atoms with Gasteiger partial charge in [-0.25, -0.2) is 0 Å². The second-order valence-electron chi connectivity index (χ2n) is 5.99. The van der Waals surface area contributed by atoms with E-state index in [1.165, 1.54) is 0 Å². The minimum Gasteiger partial charge on any atom is -0.389 e. The molecular formula is C12H19F3N4OS. The molecule has 0 bridgehead atoms. The minimum atomic E-state index is -4.50. The van der Waals surface area contributed by atoms with Crippen LogP contribution in [0.5, 0.6) is 0 Å². The number of aliphatic hydroxyl groups is 1. The molecular weight excluding hydrogens is 305 g/mol. The molecule has 1 aromatic rings. The highest BCUT2D eigenvalue weighted by molar-refractivity contribution is 7.09. The Morgan fingerprint density at radius 2 is 2.00 bits per heavy atom. The molecule has 1 aliphatic heterocycles. The number of aromatic nitrogens is 2.